The molecule has 3 rings (SSSR count). The number of benzene rings is 1. The molecule has 1 atom stereocenters. The number of nitrogens with zero attached hydrogens (tertiary/aromatic N) is 4. The Labute approximate surface area is 259 Å². The molecule has 43 heavy (non-hydrogen) atoms. The summed E-state index contributed by atoms with van der Waals surface area (Å²) in [4.78, 5) is 35.2. The Balaban J connectivity index is 0.00000206. The monoisotopic (exact) mass is 685 g/mol. The zero-order valence-corrected chi connectivity index (χ0v) is 26.9. The normalized spacial score (nSPS) is 12.7. The summed E-state index contributed by atoms with van der Waals surface area (Å²) >= 11 is 13.8. The minimum absolute atomic E-state index is 0.00309. The van der Waals surface area contributed by atoms with Gasteiger partial charge >= 0.3 is 12.3 Å². The van der Waals surface area contributed by atoms with Crippen molar-refractivity contribution in [1.29, 1.82) is 0 Å². The predicted molar refractivity (Wildman–Crippen MR) is 152 cm³/mol. The summed E-state index contributed by atoms with van der Waals surface area (Å²) in [6.45, 7) is 11.0. The molecule has 2 heterocycles. The van der Waals surface area contributed by atoms with Crippen molar-refractivity contribution >= 4 is 56.6 Å². The van der Waals surface area contributed by atoms with Gasteiger partial charge in [-0.05, 0) is 32.3 Å². The molecule has 2 aromatic heterocycles. The van der Waals surface area contributed by atoms with E-state index in [0.29, 0.717) is 32.3 Å². The maximum absolute atomic E-state index is 13.4. The number of carbonyl (C=O) groups is 1. The highest BCUT2D eigenvalue weighted by Gasteiger charge is 2.39. The van der Waals surface area contributed by atoms with Gasteiger partial charge in [-0.3, -0.25) is 4.79 Å². The summed E-state index contributed by atoms with van der Waals surface area (Å²) in [6, 6.07) is -0.0865. The predicted octanol–water partition coefficient (Wildman–Crippen LogP) is 5.88. The number of nitrogens with one attached hydrogen (secondary N) is 1. The van der Waals surface area contributed by atoms with E-state index < -0.39 is 38.1 Å². The van der Waals surface area contributed by atoms with Gasteiger partial charge in [-0.15, -0.1) is 21.5 Å². The Kier molecular flexibility index (Phi) is 12.0. The smallest absolute Gasteiger partial charge is 0.404 e. The van der Waals surface area contributed by atoms with Crippen LogP contribution in [0.1, 0.15) is 57.9 Å². The number of sulfonamides is 1. The number of alkyl halides is 3. The quantitative estimate of drug-likeness (QED) is 0.291. The summed E-state index contributed by atoms with van der Waals surface area (Å²) < 4.78 is 71.7. The lowest BCUT2D eigenvalue weighted by Crippen LogP contribution is -2.43. The van der Waals surface area contributed by atoms with Gasteiger partial charge in [0.2, 0.25) is 15.9 Å². The van der Waals surface area contributed by atoms with Gasteiger partial charge in [0.25, 0.3) is 11.8 Å². The molecule has 11 nitrogen and oxygen atoms in total. The fourth-order valence-corrected chi connectivity index (χ4v) is 6.70. The molecule has 0 fully saturated rings. The Morgan fingerprint density at radius 3 is 2.21 bits per heavy atom. The number of thiazole rings is 1. The molecule has 236 valence electrons. The van der Waals surface area contributed by atoms with Crippen molar-refractivity contribution < 1.29 is 40.4 Å². The number of hydrogen-bond donors (Lipinski definition) is 1. The molecule has 0 bridgehead atoms. The van der Waals surface area contributed by atoms with Gasteiger partial charge in [0.1, 0.15) is 16.6 Å². The van der Waals surface area contributed by atoms with E-state index in [2.05, 4.69) is 15.2 Å². The topological polar surface area (TPSA) is 152 Å². The van der Waals surface area contributed by atoms with Gasteiger partial charge in [0, 0.05) is 25.1 Å². The summed E-state index contributed by atoms with van der Waals surface area (Å²) in [7, 11) is -4.70. The molecule has 0 aliphatic rings. The molecular formula is C25H28Cl2F3N5O6S2. The number of amides is 1. The third-order valence-electron chi connectivity index (χ3n) is 5.62. The van der Waals surface area contributed by atoms with Crippen molar-refractivity contribution in [3.05, 3.63) is 33.8 Å². The second kappa shape index (κ2) is 14.3. The van der Waals surface area contributed by atoms with Crippen LogP contribution in [-0.4, -0.2) is 65.9 Å². The molecule has 0 spiro atoms. The molecule has 0 saturated carbocycles. The Morgan fingerprint density at radius 1 is 1.12 bits per heavy atom. The summed E-state index contributed by atoms with van der Waals surface area (Å²) in [5, 5.41) is 7.56. The van der Waals surface area contributed by atoms with E-state index in [-0.39, 0.29) is 43.6 Å². The molecule has 1 aromatic carbocycles. The van der Waals surface area contributed by atoms with Gasteiger partial charge in [-0.1, -0.05) is 50.0 Å². The summed E-state index contributed by atoms with van der Waals surface area (Å²) in [6.07, 6.45) is -4.06. The van der Waals surface area contributed by atoms with E-state index in [4.69, 9.17) is 37.2 Å². The Morgan fingerprint density at radius 2 is 1.70 bits per heavy atom. The number of aromatic nitrogens is 3. The third kappa shape index (κ3) is 9.06. The Hall–Kier alpha value is -2.88. The molecule has 18 heteroatoms. The first-order valence-corrected chi connectivity index (χ1v) is 15.6. The Bertz CT molecular complexity index is 1590. The fourth-order valence-electron chi connectivity index (χ4n) is 3.54. The molecule has 0 aliphatic heterocycles. The van der Waals surface area contributed by atoms with Crippen molar-refractivity contribution in [1.82, 2.24) is 24.8 Å². The highest BCUT2D eigenvalue weighted by molar-refractivity contribution is 7.89. The average Bonchev–Trinajstić information content (AvgIpc) is 3.52. The fraction of sp³-hybridized carbons (Fsp3) is 0.480. The van der Waals surface area contributed by atoms with E-state index in [1.54, 1.807) is 18.6 Å². The molecule has 0 unspecified atom stereocenters. The van der Waals surface area contributed by atoms with Gasteiger partial charge in [0.05, 0.1) is 14.9 Å². The van der Waals surface area contributed by atoms with Crippen molar-refractivity contribution in [3.8, 4) is 21.3 Å². The van der Waals surface area contributed by atoms with Crippen LogP contribution < -0.4 is 4.72 Å². The first kappa shape index (κ1) is 36.3. The number of hydrogen-bond acceptors (Lipinski definition) is 10. The van der Waals surface area contributed by atoms with Gasteiger partial charge in [-0.2, -0.15) is 27.5 Å². The maximum atomic E-state index is 13.4. The van der Waals surface area contributed by atoms with Gasteiger partial charge in [-0.25, -0.2) is 13.4 Å². The molecule has 1 N–H and O–H groups in total. The van der Waals surface area contributed by atoms with Crippen LogP contribution in [0.4, 0.5) is 13.2 Å². The van der Waals surface area contributed by atoms with Crippen molar-refractivity contribution in [3.63, 3.8) is 0 Å². The lowest BCUT2D eigenvalue weighted by molar-refractivity contribution is -0.191. The largest absolute Gasteiger partial charge is 0.419 e. The van der Waals surface area contributed by atoms with Crippen LogP contribution >= 0.6 is 34.5 Å². The molecule has 0 aliphatic carbocycles. The number of carbonyl (C=O) groups excluding carboxylic acids is 3. The van der Waals surface area contributed by atoms with E-state index >= 15 is 0 Å². The standard InChI is InChI=1S/C24H28Cl2F3N5O4S2.CO2/c1-7-34(8-2)22(35)18-19(39-21(30-18)20-32-31-15(38-20)11-23(4,5)6)13-9-10-14(17(26)16(13)25)40(36,37)33-12(3)24(27,28)29;2-1-3/h9-10,12,33H,7-8,11H2,1-6H3;/t12-;/m0./s1. The van der Waals surface area contributed by atoms with Crippen LogP contribution in [0.2, 0.25) is 10.0 Å². The summed E-state index contributed by atoms with van der Waals surface area (Å²) in [5.74, 6) is 0.0319. The van der Waals surface area contributed by atoms with Crippen molar-refractivity contribution in [2.45, 2.75) is 65.1 Å². The maximum Gasteiger partial charge on any atom is 0.404 e. The van der Waals surface area contributed by atoms with Crippen LogP contribution in [0.5, 0.6) is 0 Å². The lowest BCUT2D eigenvalue weighted by atomic mass is 9.92. The van der Waals surface area contributed by atoms with Crippen LogP contribution in [-0.2, 0) is 26.0 Å². The van der Waals surface area contributed by atoms with Crippen LogP contribution in [0.3, 0.4) is 0 Å². The van der Waals surface area contributed by atoms with Crippen LogP contribution in [0.25, 0.3) is 21.3 Å². The van der Waals surface area contributed by atoms with Crippen molar-refractivity contribution in [2.24, 2.45) is 5.41 Å². The number of rotatable bonds is 9. The SMILES string of the molecule is CCN(CC)C(=O)c1nc(-c2nnc(CC(C)(C)C)o2)sc1-c1ccc(S(=O)(=O)N[C@@H](C)C(F)(F)F)c(Cl)c1Cl.O=C=O. The molecule has 3 aromatic rings. The minimum Gasteiger partial charge on any atom is -0.419 e. The van der Waals surface area contributed by atoms with E-state index in [1.807, 2.05) is 20.8 Å². The molecule has 1 amide bonds. The van der Waals surface area contributed by atoms with Crippen LogP contribution in [0.15, 0.2) is 21.4 Å². The number of halogens is 5. The second-order valence-corrected chi connectivity index (χ2v) is 13.6. The highest BCUT2D eigenvalue weighted by atomic mass is 35.5. The molecular weight excluding hydrogens is 658 g/mol. The minimum atomic E-state index is -4.82. The van der Waals surface area contributed by atoms with Gasteiger partial charge < -0.3 is 9.32 Å². The molecule has 0 saturated heterocycles. The van der Waals surface area contributed by atoms with E-state index in [9.17, 15) is 26.4 Å². The van der Waals surface area contributed by atoms with E-state index in [1.165, 1.54) is 11.0 Å². The zero-order valence-electron chi connectivity index (χ0n) is 23.8. The first-order chi connectivity index (χ1) is 19.8. The highest BCUT2D eigenvalue weighted by Crippen LogP contribution is 2.43. The molecule has 0 radical (unpaired) electrons. The second-order valence-electron chi connectivity index (χ2n) is 10.1. The average molecular weight is 687 g/mol. The zero-order chi connectivity index (χ0) is 32.9. The van der Waals surface area contributed by atoms with Crippen LogP contribution in [0, 0.1) is 5.41 Å². The lowest BCUT2D eigenvalue weighted by Gasteiger charge is -2.19. The van der Waals surface area contributed by atoms with E-state index in [0.717, 1.165) is 17.4 Å². The summed E-state index contributed by atoms with van der Waals surface area (Å²) in [5.41, 5.74) is 0.0284. The van der Waals surface area contributed by atoms with Gasteiger partial charge in [0.15, 0.2) is 5.01 Å². The first-order valence-electron chi connectivity index (χ1n) is 12.5. The van der Waals surface area contributed by atoms with Crippen molar-refractivity contribution in [2.75, 3.05) is 13.1 Å². The third-order valence-corrected chi connectivity index (χ3v) is 9.27.